The molecular weight excluding hydrogens is 458 g/mol. The molecule has 5 rings (SSSR count). The van der Waals surface area contributed by atoms with E-state index in [9.17, 15) is 14.4 Å². The minimum atomic E-state index is -0.816. The number of nitrogens with one attached hydrogen (secondary N) is 2. The zero-order valence-electron chi connectivity index (χ0n) is 19.5. The second-order valence-corrected chi connectivity index (χ2v) is 8.65. The minimum absolute atomic E-state index is 0.0639. The van der Waals surface area contributed by atoms with Crippen LogP contribution < -0.4 is 5.32 Å². The van der Waals surface area contributed by atoms with Crippen LogP contribution in [0.2, 0.25) is 0 Å². The minimum Gasteiger partial charge on any atom is -0.445 e. The topological polar surface area (TPSA) is 117 Å². The summed E-state index contributed by atoms with van der Waals surface area (Å²) in [7, 11) is 0. The summed E-state index contributed by atoms with van der Waals surface area (Å²) in [4.78, 5) is 44.1. The second-order valence-electron chi connectivity index (χ2n) is 8.65. The molecular formula is C27H25N5O4. The SMILES string of the molecule is O=C(NC1CN(C(=O)OCc2ccccc2)CCCC1=O)c1ccc2[nH]nc(-c3ccncc3)c2c1. The molecule has 9 heteroatoms. The Morgan fingerprint density at radius 1 is 1.08 bits per heavy atom. The first-order chi connectivity index (χ1) is 17.6. The van der Waals surface area contributed by atoms with Gasteiger partial charge in [-0.3, -0.25) is 19.7 Å². The van der Waals surface area contributed by atoms with Crippen molar-refractivity contribution < 1.29 is 19.1 Å². The first-order valence-corrected chi connectivity index (χ1v) is 11.8. The van der Waals surface area contributed by atoms with E-state index in [1.54, 1.807) is 30.6 Å². The number of fused-ring (bicyclic) bond motifs is 1. The van der Waals surface area contributed by atoms with Crippen molar-refractivity contribution >= 4 is 28.7 Å². The van der Waals surface area contributed by atoms with E-state index in [0.717, 1.165) is 22.0 Å². The van der Waals surface area contributed by atoms with Crippen molar-refractivity contribution in [1.82, 2.24) is 25.4 Å². The summed E-state index contributed by atoms with van der Waals surface area (Å²) in [5.74, 6) is -0.500. The number of H-pyrrole nitrogens is 1. The Bertz CT molecular complexity index is 1390. The molecule has 2 N–H and O–H groups in total. The fourth-order valence-electron chi connectivity index (χ4n) is 4.26. The van der Waals surface area contributed by atoms with Crippen molar-refractivity contribution in [2.24, 2.45) is 0 Å². The molecule has 1 fully saturated rings. The zero-order chi connectivity index (χ0) is 24.9. The number of likely N-dealkylation sites (tertiary alicyclic amines) is 1. The van der Waals surface area contributed by atoms with Crippen molar-refractivity contribution in [3.63, 3.8) is 0 Å². The standard InChI is InChI=1S/C27H25N5O4/c33-24-7-4-14-32(27(35)36-17-18-5-2-1-3-6-18)16-23(24)29-26(34)20-8-9-22-21(15-20)25(31-30-22)19-10-12-28-13-11-19/h1-3,5-6,8-13,15,23H,4,7,14,16-17H2,(H,29,34)(H,30,31). The number of amides is 2. The van der Waals surface area contributed by atoms with E-state index in [-0.39, 0.29) is 25.4 Å². The molecule has 0 spiro atoms. The molecule has 1 aliphatic rings. The van der Waals surface area contributed by atoms with Gasteiger partial charge in [-0.1, -0.05) is 30.3 Å². The van der Waals surface area contributed by atoms with Crippen LogP contribution >= 0.6 is 0 Å². The number of benzene rings is 2. The molecule has 182 valence electrons. The molecule has 2 amide bonds. The predicted molar refractivity (Wildman–Crippen MR) is 133 cm³/mol. The molecule has 1 aliphatic heterocycles. The van der Waals surface area contributed by atoms with Gasteiger partial charge in [0.15, 0.2) is 5.78 Å². The van der Waals surface area contributed by atoms with E-state index in [0.29, 0.717) is 24.2 Å². The van der Waals surface area contributed by atoms with Gasteiger partial charge in [0.05, 0.1) is 12.1 Å². The van der Waals surface area contributed by atoms with Gasteiger partial charge in [0.25, 0.3) is 5.91 Å². The number of rotatable bonds is 5. The van der Waals surface area contributed by atoms with E-state index in [1.165, 1.54) is 4.90 Å². The fourth-order valence-corrected chi connectivity index (χ4v) is 4.26. The summed E-state index contributed by atoms with van der Waals surface area (Å²) in [6.07, 6.45) is 3.65. The third-order valence-corrected chi connectivity index (χ3v) is 6.19. The highest BCUT2D eigenvalue weighted by molar-refractivity contribution is 6.03. The van der Waals surface area contributed by atoms with Crippen LogP contribution in [0.15, 0.2) is 73.1 Å². The third kappa shape index (κ3) is 5.10. The average molecular weight is 484 g/mol. The number of Topliss-reactive ketones (excluding diaryl/α,β-unsaturated/α-hetero) is 1. The third-order valence-electron chi connectivity index (χ3n) is 6.19. The Hall–Kier alpha value is -4.53. The van der Waals surface area contributed by atoms with Gasteiger partial charge in [-0.2, -0.15) is 5.10 Å². The Labute approximate surface area is 207 Å². The quantitative estimate of drug-likeness (QED) is 0.447. The Morgan fingerprint density at radius 2 is 1.89 bits per heavy atom. The van der Waals surface area contributed by atoms with Crippen molar-refractivity contribution in [3.8, 4) is 11.3 Å². The van der Waals surface area contributed by atoms with Gasteiger partial charge in [-0.15, -0.1) is 0 Å². The largest absolute Gasteiger partial charge is 0.445 e. The molecule has 0 radical (unpaired) electrons. The van der Waals surface area contributed by atoms with E-state index in [4.69, 9.17) is 4.74 Å². The number of nitrogens with zero attached hydrogens (tertiary/aromatic N) is 3. The normalized spacial score (nSPS) is 15.9. The Kier molecular flexibility index (Phi) is 6.70. The van der Waals surface area contributed by atoms with E-state index in [2.05, 4.69) is 20.5 Å². The van der Waals surface area contributed by atoms with Crippen LogP contribution in [0.3, 0.4) is 0 Å². The first-order valence-electron chi connectivity index (χ1n) is 11.8. The van der Waals surface area contributed by atoms with Crippen LogP contribution in [-0.2, 0) is 16.1 Å². The van der Waals surface area contributed by atoms with Gasteiger partial charge in [-0.25, -0.2) is 4.79 Å². The lowest BCUT2D eigenvalue weighted by atomic mass is 10.1. The van der Waals surface area contributed by atoms with Crippen molar-refractivity contribution in [2.75, 3.05) is 13.1 Å². The van der Waals surface area contributed by atoms with Crippen LogP contribution in [0.25, 0.3) is 22.2 Å². The number of hydrogen-bond donors (Lipinski definition) is 2. The number of ether oxygens (including phenoxy) is 1. The van der Waals surface area contributed by atoms with E-state index in [1.807, 2.05) is 42.5 Å². The maximum atomic E-state index is 13.1. The van der Waals surface area contributed by atoms with Crippen LogP contribution in [0.4, 0.5) is 4.79 Å². The lowest BCUT2D eigenvalue weighted by molar-refractivity contribution is -0.120. The predicted octanol–water partition coefficient (Wildman–Crippen LogP) is 3.73. The van der Waals surface area contributed by atoms with Gasteiger partial charge < -0.3 is 15.0 Å². The van der Waals surface area contributed by atoms with Crippen LogP contribution in [0.5, 0.6) is 0 Å². The molecule has 36 heavy (non-hydrogen) atoms. The number of ketones is 1. The average Bonchev–Trinajstić information content (AvgIpc) is 3.26. The molecule has 4 aromatic rings. The van der Waals surface area contributed by atoms with Gasteiger partial charge in [0.1, 0.15) is 18.3 Å². The summed E-state index contributed by atoms with van der Waals surface area (Å²) < 4.78 is 5.44. The molecule has 9 nitrogen and oxygen atoms in total. The van der Waals surface area contributed by atoms with Crippen LogP contribution in [0.1, 0.15) is 28.8 Å². The lowest BCUT2D eigenvalue weighted by Crippen LogP contribution is -2.48. The molecule has 3 heterocycles. The van der Waals surface area contributed by atoms with Crippen LogP contribution in [0, 0.1) is 0 Å². The zero-order valence-corrected chi connectivity index (χ0v) is 19.5. The van der Waals surface area contributed by atoms with Gasteiger partial charge in [0.2, 0.25) is 0 Å². The highest BCUT2D eigenvalue weighted by Crippen LogP contribution is 2.26. The number of aromatic nitrogens is 3. The van der Waals surface area contributed by atoms with Crippen LogP contribution in [-0.4, -0.2) is 57.0 Å². The Balaban J connectivity index is 1.29. The van der Waals surface area contributed by atoms with Crippen molar-refractivity contribution in [1.29, 1.82) is 0 Å². The molecule has 2 aromatic carbocycles. The summed E-state index contributed by atoms with van der Waals surface area (Å²) in [5, 5.41) is 11.0. The summed E-state index contributed by atoms with van der Waals surface area (Å²) in [6.45, 7) is 0.599. The molecule has 2 aromatic heterocycles. The Morgan fingerprint density at radius 3 is 2.69 bits per heavy atom. The van der Waals surface area contributed by atoms with Gasteiger partial charge >= 0.3 is 6.09 Å². The lowest BCUT2D eigenvalue weighted by Gasteiger charge is -2.24. The highest BCUT2D eigenvalue weighted by Gasteiger charge is 2.30. The van der Waals surface area contributed by atoms with E-state index >= 15 is 0 Å². The molecule has 0 aliphatic carbocycles. The first kappa shape index (κ1) is 23.2. The summed E-state index contributed by atoms with van der Waals surface area (Å²) in [6, 6.07) is 17.5. The number of carbonyl (C=O) groups excluding carboxylic acids is 3. The second kappa shape index (κ2) is 10.4. The maximum absolute atomic E-state index is 13.1. The highest BCUT2D eigenvalue weighted by atomic mass is 16.6. The molecule has 1 saturated heterocycles. The molecule has 1 atom stereocenters. The van der Waals surface area contributed by atoms with E-state index < -0.39 is 18.0 Å². The van der Waals surface area contributed by atoms with Crippen molar-refractivity contribution in [3.05, 3.63) is 84.2 Å². The fraction of sp³-hybridized carbons (Fsp3) is 0.222. The molecule has 0 saturated carbocycles. The number of pyridine rings is 1. The van der Waals surface area contributed by atoms with Crippen molar-refractivity contribution in [2.45, 2.75) is 25.5 Å². The summed E-state index contributed by atoms with van der Waals surface area (Å²) in [5.41, 5.74) is 3.64. The smallest absolute Gasteiger partial charge is 0.410 e. The maximum Gasteiger partial charge on any atom is 0.410 e. The van der Waals surface area contributed by atoms with Gasteiger partial charge in [-0.05, 0) is 42.3 Å². The number of hydrogen-bond acceptors (Lipinski definition) is 6. The molecule has 1 unspecified atom stereocenters. The monoisotopic (exact) mass is 483 g/mol. The number of aromatic amines is 1. The molecule has 0 bridgehead atoms. The number of carbonyl (C=O) groups is 3. The van der Waals surface area contributed by atoms with Gasteiger partial charge in [0, 0.05) is 41.9 Å². The summed E-state index contributed by atoms with van der Waals surface area (Å²) >= 11 is 0.